The van der Waals surface area contributed by atoms with Gasteiger partial charge in [0, 0.05) is 0 Å². The molecule has 0 bridgehead atoms. The third-order valence-corrected chi connectivity index (χ3v) is 2.96. The van der Waals surface area contributed by atoms with Crippen LogP contribution < -0.4 is 0 Å². The van der Waals surface area contributed by atoms with E-state index in [2.05, 4.69) is 27.7 Å². The lowest BCUT2D eigenvalue weighted by Gasteiger charge is -2.27. The van der Waals surface area contributed by atoms with Crippen LogP contribution in [0.2, 0.25) is 0 Å². The number of rotatable bonds is 8. The zero-order chi connectivity index (χ0) is 11.9. The molecule has 0 amide bonds. The van der Waals surface area contributed by atoms with E-state index in [1.807, 2.05) is 4.90 Å². The highest BCUT2D eigenvalue weighted by atomic mass is 35.5. The Morgan fingerprint density at radius 1 is 1.25 bits per heavy atom. The summed E-state index contributed by atoms with van der Waals surface area (Å²) in [5.41, 5.74) is 0.324. The van der Waals surface area contributed by atoms with Gasteiger partial charge in [-0.1, -0.05) is 34.1 Å². The van der Waals surface area contributed by atoms with Gasteiger partial charge >= 0.3 is 5.97 Å². The van der Waals surface area contributed by atoms with E-state index >= 15 is 0 Å². The highest BCUT2D eigenvalue weighted by Crippen LogP contribution is 2.24. The maximum absolute atomic E-state index is 10.6. The van der Waals surface area contributed by atoms with Crippen molar-refractivity contribution in [2.75, 3.05) is 19.6 Å². The highest BCUT2D eigenvalue weighted by Gasteiger charge is 2.17. The van der Waals surface area contributed by atoms with E-state index in [-0.39, 0.29) is 19.0 Å². The van der Waals surface area contributed by atoms with Crippen LogP contribution in [0.15, 0.2) is 0 Å². The first-order valence-electron chi connectivity index (χ1n) is 5.85. The molecule has 0 radical (unpaired) electrons. The van der Waals surface area contributed by atoms with Crippen LogP contribution >= 0.6 is 12.4 Å². The second-order valence-electron chi connectivity index (χ2n) is 4.94. The summed E-state index contributed by atoms with van der Waals surface area (Å²) in [5, 5.41) is 8.76. The van der Waals surface area contributed by atoms with E-state index in [4.69, 9.17) is 5.11 Å². The summed E-state index contributed by atoms with van der Waals surface area (Å²) in [6.45, 7) is 10.7. The predicted octanol–water partition coefficient (Wildman–Crippen LogP) is 3.03. The molecule has 0 saturated heterocycles. The van der Waals surface area contributed by atoms with E-state index in [0.29, 0.717) is 5.41 Å². The van der Waals surface area contributed by atoms with E-state index < -0.39 is 5.97 Å². The van der Waals surface area contributed by atoms with Crippen molar-refractivity contribution < 1.29 is 9.90 Å². The molecule has 0 aromatic rings. The molecular weight excluding hydrogens is 226 g/mol. The molecule has 0 spiro atoms. The zero-order valence-electron chi connectivity index (χ0n) is 11.0. The molecular formula is C12H26ClNO2. The van der Waals surface area contributed by atoms with Crippen LogP contribution in [0.5, 0.6) is 0 Å². The molecule has 1 N–H and O–H groups in total. The predicted molar refractivity (Wildman–Crippen MR) is 70.3 cm³/mol. The number of aliphatic carboxylic acids is 1. The van der Waals surface area contributed by atoms with Crippen molar-refractivity contribution in [1.82, 2.24) is 4.90 Å². The van der Waals surface area contributed by atoms with E-state index in [1.54, 1.807) is 0 Å². The Morgan fingerprint density at radius 3 is 2.19 bits per heavy atom. The zero-order valence-corrected chi connectivity index (χ0v) is 11.8. The number of halogens is 1. The number of hydrogen-bond acceptors (Lipinski definition) is 2. The Labute approximate surface area is 106 Å². The molecule has 0 aliphatic rings. The normalized spacial score (nSPS) is 11.3. The Kier molecular flexibility index (Phi) is 9.98. The van der Waals surface area contributed by atoms with E-state index in [0.717, 1.165) is 32.4 Å². The summed E-state index contributed by atoms with van der Waals surface area (Å²) in [6.07, 6.45) is 3.22. The maximum atomic E-state index is 10.6. The summed E-state index contributed by atoms with van der Waals surface area (Å²) in [4.78, 5) is 12.7. The van der Waals surface area contributed by atoms with Gasteiger partial charge in [0.15, 0.2) is 0 Å². The second kappa shape index (κ2) is 8.82. The fraction of sp³-hybridized carbons (Fsp3) is 0.917. The minimum Gasteiger partial charge on any atom is -0.480 e. The largest absolute Gasteiger partial charge is 0.480 e. The van der Waals surface area contributed by atoms with Gasteiger partial charge in [-0.3, -0.25) is 9.69 Å². The average Bonchev–Trinajstić information content (AvgIpc) is 2.14. The minimum atomic E-state index is -0.724. The van der Waals surface area contributed by atoms with Gasteiger partial charge in [-0.2, -0.15) is 0 Å². The second-order valence-corrected chi connectivity index (χ2v) is 4.94. The van der Waals surface area contributed by atoms with Crippen LogP contribution in [0.25, 0.3) is 0 Å². The average molecular weight is 252 g/mol. The van der Waals surface area contributed by atoms with Crippen LogP contribution in [-0.2, 0) is 4.79 Å². The summed E-state index contributed by atoms with van der Waals surface area (Å²) in [5.74, 6) is -0.724. The third-order valence-electron chi connectivity index (χ3n) is 2.96. The SMILES string of the molecule is CCCN(CCC(C)(C)CC)CC(=O)O.Cl. The fourth-order valence-electron chi connectivity index (χ4n) is 1.41. The monoisotopic (exact) mass is 251 g/mol. The molecule has 0 aliphatic carbocycles. The van der Waals surface area contributed by atoms with Gasteiger partial charge in [-0.25, -0.2) is 0 Å². The molecule has 98 valence electrons. The van der Waals surface area contributed by atoms with E-state index in [1.165, 1.54) is 0 Å². The first-order chi connectivity index (χ1) is 6.91. The van der Waals surface area contributed by atoms with Crippen molar-refractivity contribution in [3.63, 3.8) is 0 Å². The number of carboxylic acid groups (broad SMARTS) is 1. The summed E-state index contributed by atoms with van der Waals surface area (Å²) in [7, 11) is 0. The Bertz CT molecular complexity index is 195. The van der Waals surface area contributed by atoms with Crippen LogP contribution in [0.4, 0.5) is 0 Å². The molecule has 0 aliphatic heterocycles. The molecule has 0 aromatic carbocycles. The molecule has 0 atom stereocenters. The summed E-state index contributed by atoms with van der Waals surface area (Å²) < 4.78 is 0. The topological polar surface area (TPSA) is 40.5 Å². The summed E-state index contributed by atoms with van der Waals surface area (Å²) >= 11 is 0. The van der Waals surface area contributed by atoms with Gasteiger partial charge in [-0.15, -0.1) is 12.4 Å². The Morgan fingerprint density at radius 2 is 1.81 bits per heavy atom. The molecule has 0 saturated carbocycles. The van der Waals surface area contributed by atoms with Crippen molar-refractivity contribution >= 4 is 18.4 Å². The Balaban J connectivity index is 0. The van der Waals surface area contributed by atoms with Gasteiger partial charge in [0.05, 0.1) is 6.54 Å². The van der Waals surface area contributed by atoms with Gasteiger partial charge in [0.25, 0.3) is 0 Å². The Hall–Kier alpha value is -0.280. The number of nitrogens with zero attached hydrogens (tertiary/aromatic N) is 1. The standard InChI is InChI=1S/C12H25NO2.ClH/c1-5-8-13(10-11(14)15)9-7-12(3,4)6-2;/h5-10H2,1-4H3,(H,14,15);1H. The first kappa shape index (κ1) is 18.1. The molecule has 0 rings (SSSR count). The molecule has 0 unspecified atom stereocenters. The number of carboxylic acids is 1. The quantitative estimate of drug-likeness (QED) is 0.721. The van der Waals surface area contributed by atoms with Crippen LogP contribution in [0.1, 0.15) is 47.0 Å². The van der Waals surface area contributed by atoms with Gasteiger partial charge in [0.1, 0.15) is 0 Å². The van der Waals surface area contributed by atoms with Gasteiger partial charge in [-0.05, 0) is 31.3 Å². The lowest BCUT2D eigenvalue weighted by molar-refractivity contribution is -0.138. The fourth-order valence-corrected chi connectivity index (χ4v) is 1.41. The van der Waals surface area contributed by atoms with Crippen molar-refractivity contribution in [1.29, 1.82) is 0 Å². The summed E-state index contributed by atoms with van der Waals surface area (Å²) in [6, 6.07) is 0. The molecule has 0 aromatic heterocycles. The molecule has 0 heterocycles. The van der Waals surface area contributed by atoms with Gasteiger partial charge < -0.3 is 5.11 Å². The van der Waals surface area contributed by atoms with Crippen molar-refractivity contribution in [2.24, 2.45) is 5.41 Å². The molecule has 16 heavy (non-hydrogen) atoms. The smallest absolute Gasteiger partial charge is 0.317 e. The van der Waals surface area contributed by atoms with Crippen molar-refractivity contribution in [2.45, 2.75) is 47.0 Å². The maximum Gasteiger partial charge on any atom is 0.317 e. The minimum absolute atomic E-state index is 0. The first-order valence-corrected chi connectivity index (χ1v) is 5.85. The van der Waals surface area contributed by atoms with Gasteiger partial charge in [0.2, 0.25) is 0 Å². The lowest BCUT2D eigenvalue weighted by Crippen LogP contribution is -2.33. The van der Waals surface area contributed by atoms with Crippen LogP contribution in [0.3, 0.4) is 0 Å². The molecule has 4 heteroatoms. The van der Waals surface area contributed by atoms with E-state index in [9.17, 15) is 4.79 Å². The lowest BCUT2D eigenvalue weighted by atomic mass is 9.86. The number of hydrogen-bond donors (Lipinski definition) is 1. The number of carbonyl (C=O) groups is 1. The molecule has 3 nitrogen and oxygen atoms in total. The third kappa shape index (κ3) is 8.98. The highest BCUT2D eigenvalue weighted by molar-refractivity contribution is 5.85. The van der Waals surface area contributed by atoms with Crippen LogP contribution in [0, 0.1) is 5.41 Å². The van der Waals surface area contributed by atoms with Crippen LogP contribution in [-0.4, -0.2) is 35.6 Å². The molecule has 0 fully saturated rings. The van der Waals surface area contributed by atoms with Crippen molar-refractivity contribution in [3.8, 4) is 0 Å². The van der Waals surface area contributed by atoms with Crippen molar-refractivity contribution in [3.05, 3.63) is 0 Å².